The zero-order chi connectivity index (χ0) is 21.8. The van der Waals surface area contributed by atoms with Crippen molar-refractivity contribution in [3.8, 4) is 0 Å². The Labute approximate surface area is 182 Å². The van der Waals surface area contributed by atoms with E-state index in [-0.39, 0.29) is 35.9 Å². The Bertz CT molecular complexity index is 951. The molecule has 31 heavy (non-hydrogen) atoms. The molecule has 4 rings (SSSR count). The molecule has 1 aromatic heterocycles. The standard InChI is InChI=1S/C23H29N5O3/c1-2-24-21(29)11-14-27(18-9-10-18)22(30)19-15-20-23(31)26(12-6-13-28(20)25-19)16-17-7-4-3-5-8-17/h3-5,7-8,15,18H,2,6,9-14,16H2,1H3,(H,24,29). The molecule has 0 unspecified atom stereocenters. The van der Waals surface area contributed by atoms with Crippen LogP contribution in [0.4, 0.5) is 0 Å². The number of carbonyl (C=O) groups excluding carboxylic acids is 3. The summed E-state index contributed by atoms with van der Waals surface area (Å²) in [5.41, 5.74) is 1.81. The summed E-state index contributed by atoms with van der Waals surface area (Å²) >= 11 is 0. The van der Waals surface area contributed by atoms with Crippen LogP contribution in [0.3, 0.4) is 0 Å². The van der Waals surface area contributed by atoms with Crippen LogP contribution in [0, 0.1) is 0 Å². The van der Waals surface area contributed by atoms with E-state index in [9.17, 15) is 14.4 Å². The second-order valence-electron chi connectivity index (χ2n) is 8.14. The van der Waals surface area contributed by atoms with Gasteiger partial charge in [0.2, 0.25) is 5.91 Å². The summed E-state index contributed by atoms with van der Waals surface area (Å²) in [6.07, 6.45) is 2.94. The molecule has 2 aliphatic rings. The first kappa shape index (κ1) is 21.1. The van der Waals surface area contributed by atoms with Gasteiger partial charge in [-0.2, -0.15) is 5.10 Å². The zero-order valence-electron chi connectivity index (χ0n) is 17.9. The van der Waals surface area contributed by atoms with Crippen molar-refractivity contribution >= 4 is 17.7 Å². The third-order valence-electron chi connectivity index (χ3n) is 5.72. The van der Waals surface area contributed by atoms with Gasteiger partial charge in [-0.15, -0.1) is 0 Å². The predicted molar refractivity (Wildman–Crippen MR) is 115 cm³/mol. The lowest BCUT2D eigenvalue weighted by molar-refractivity contribution is -0.121. The average molecular weight is 424 g/mol. The van der Waals surface area contributed by atoms with Gasteiger partial charge in [-0.3, -0.25) is 19.1 Å². The molecule has 8 nitrogen and oxygen atoms in total. The number of hydrogen-bond donors (Lipinski definition) is 1. The Morgan fingerprint density at radius 2 is 1.97 bits per heavy atom. The molecule has 0 radical (unpaired) electrons. The van der Waals surface area contributed by atoms with Crippen LogP contribution in [0.2, 0.25) is 0 Å². The third-order valence-corrected chi connectivity index (χ3v) is 5.72. The number of rotatable bonds is 8. The molecular formula is C23H29N5O3. The highest BCUT2D eigenvalue weighted by Gasteiger charge is 2.35. The second-order valence-corrected chi connectivity index (χ2v) is 8.14. The molecule has 1 aromatic carbocycles. The van der Waals surface area contributed by atoms with Gasteiger partial charge in [0.25, 0.3) is 11.8 Å². The number of nitrogens with zero attached hydrogens (tertiary/aromatic N) is 4. The van der Waals surface area contributed by atoms with E-state index in [1.54, 1.807) is 15.6 Å². The van der Waals surface area contributed by atoms with Crippen LogP contribution in [0.15, 0.2) is 36.4 Å². The fraction of sp³-hybridized carbons (Fsp3) is 0.478. The molecule has 0 saturated heterocycles. The summed E-state index contributed by atoms with van der Waals surface area (Å²) in [5.74, 6) is -0.365. The van der Waals surface area contributed by atoms with Crippen molar-refractivity contribution in [3.63, 3.8) is 0 Å². The number of amides is 3. The Morgan fingerprint density at radius 1 is 1.19 bits per heavy atom. The zero-order valence-corrected chi connectivity index (χ0v) is 17.9. The molecule has 0 spiro atoms. The molecule has 2 heterocycles. The van der Waals surface area contributed by atoms with Gasteiger partial charge in [0.1, 0.15) is 5.69 Å². The molecule has 1 N–H and O–H groups in total. The van der Waals surface area contributed by atoms with Gasteiger partial charge in [0.15, 0.2) is 5.69 Å². The van der Waals surface area contributed by atoms with Crippen molar-refractivity contribution in [2.45, 2.75) is 51.7 Å². The van der Waals surface area contributed by atoms with Crippen molar-refractivity contribution in [1.29, 1.82) is 0 Å². The van der Waals surface area contributed by atoms with Gasteiger partial charge in [0, 0.05) is 51.3 Å². The fourth-order valence-electron chi connectivity index (χ4n) is 3.98. The number of benzene rings is 1. The van der Waals surface area contributed by atoms with Crippen LogP contribution in [0.25, 0.3) is 0 Å². The highest BCUT2D eigenvalue weighted by Crippen LogP contribution is 2.28. The Hall–Kier alpha value is -3.16. The fourth-order valence-corrected chi connectivity index (χ4v) is 3.98. The first-order valence-electron chi connectivity index (χ1n) is 11.1. The van der Waals surface area contributed by atoms with Crippen molar-refractivity contribution in [2.24, 2.45) is 0 Å². The highest BCUT2D eigenvalue weighted by atomic mass is 16.2. The quantitative estimate of drug-likeness (QED) is 0.704. The summed E-state index contributed by atoms with van der Waals surface area (Å²) in [4.78, 5) is 41.8. The minimum Gasteiger partial charge on any atom is -0.356 e. The summed E-state index contributed by atoms with van der Waals surface area (Å²) in [6.45, 7) is 4.60. The molecule has 2 aromatic rings. The number of hydrogen-bond acceptors (Lipinski definition) is 4. The second kappa shape index (κ2) is 9.32. The Morgan fingerprint density at radius 3 is 2.68 bits per heavy atom. The minimum absolute atomic E-state index is 0.0618. The van der Waals surface area contributed by atoms with E-state index in [4.69, 9.17) is 0 Å². The summed E-state index contributed by atoms with van der Waals surface area (Å²) in [5, 5.41) is 7.24. The smallest absolute Gasteiger partial charge is 0.274 e. The Balaban J connectivity index is 1.49. The van der Waals surface area contributed by atoms with Crippen LogP contribution in [0.5, 0.6) is 0 Å². The van der Waals surface area contributed by atoms with Crippen LogP contribution in [0.1, 0.15) is 59.1 Å². The molecule has 3 amide bonds. The average Bonchev–Trinajstić information content (AvgIpc) is 3.54. The van der Waals surface area contributed by atoms with Gasteiger partial charge in [-0.1, -0.05) is 30.3 Å². The molecule has 0 bridgehead atoms. The summed E-state index contributed by atoms with van der Waals surface area (Å²) in [6, 6.07) is 11.7. The molecule has 0 atom stereocenters. The van der Waals surface area contributed by atoms with Crippen LogP contribution < -0.4 is 5.32 Å². The lowest BCUT2D eigenvalue weighted by atomic mass is 10.2. The summed E-state index contributed by atoms with van der Waals surface area (Å²) in [7, 11) is 0. The van der Waals surface area contributed by atoms with Crippen LogP contribution in [-0.2, 0) is 17.9 Å². The number of carbonyl (C=O) groups is 3. The van der Waals surface area contributed by atoms with Crippen LogP contribution >= 0.6 is 0 Å². The summed E-state index contributed by atoms with van der Waals surface area (Å²) < 4.78 is 1.66. The molecule has 1 fully saturated rings. The lowest BCUT2D eigenvalue weighted by Gasteiger charge is -2.21. The van der Waals surface area contributed by atoms with E-state index in [0.29, 0.717) is 38.4 Å². The molecular weight excluding hydrogens is 394 g/mol. The maximum Gasteiger partial charge on any atom is 0.274 e. The van der Waals surface area contributed by atoms with Gasteiger partial charge in [-0.05, 0) is 31.7 Å². The molecule has 164 valence electrons. The molecule has 1 aliphatic heterocycles. The van der Waals surface area contributed by atoms with E-state index in [0.717, 1.165) is 24.8 Å². The van der Waals surface area contributed by atoms with Crippen molar-refractivity contribution < 1.29 is 14.4 Å². The van der Waals surface area contributed by atoms with Gasteiger partial charge < -0.3 is 15.1 Å². The maximum absolute atomic E-state index is 13.2. The van der Waals surface area contributed by atoms with Gasteiger partial charge >= 0.3 is 0 Å². The van der Waals surface area contributed by atoms with Gasteiger partial charge in [-0.25, -0.2) is 0 Å². The monoisotopic (exact) mass is 423 g/mol. The van der Waals surface area contributed by atoms with E-state index >= 15 is 0 Å². The lowest BCUT2D eigenvalue weighted by Crippen LogP contribution is -2.37. The van der Waals surface area contributed by atoms with Gasteiger partial charge in [0.05, 0.1) is 0 Å². The first-order valence-corrected chi connectivity index (χ1v) is 11.1. The third kappa shape index (κ3) is 4.95. The topological polar surface area (TPSA) is 87.5 Å². The SMILES string of the molecule is CCNC(=O)CCN(C(=O)c1cc2n(n1)CCCN(Cc1ccccc1)C2=O)C1CC1. The van der Waals surface area contributed by atoms with Crippen LogP contribution in [-0.4, -0.2) is 63.0 Å². The van der Waals surface area contributed by atoms with Crippen molar-refractivity contribution in [2.75, 3.05) is 19.6 Å². The largest absolute Gasteiger partial charge is 0.356 e. The van der Waals surface area contributed by atoms with E-state index < -0.39 is 0 Å². The number of nitrogens with one attached hydrogen (secondary N) is 1. The molecule has 8 heteroatoms. The number of aryl methyl sites for hydroxylation is 1. The van der Waals surface area contributed by atoms with E-state index in [2.05, 4.69) is 10.4 Å². The minimum atomic E-state index is -0.199. The van der Waals surface area contributed by atoms with E-state index in [1.165, 1.54) is 0 Å². The Kier molecular flexibility index (Phi) is 6.34. The number of fused-ring (bicyclic) bond motifs is 1. The van der Waals surface area contributed by atoms with E-state index in [1.807, 2.05) is 42.2 Å². The highest BCUT2D eigenvalue weighted by molar-refractivity contribution is 5.98. The predicted octanol–water partition coefficient (Wildman–Crippen LogP) is 2.06. The van der Waals surface area contributed by atoms with Crippen molar-refractivity contribution in [1.82, 2.24) is 24.9 Å². The molecule has 1 saturated carbocycles. The van der Waals surface area contributed by atoms with Crippen molar-refractivity contribution in [3.05, 3.63) is 53.3 Å². The maximum atomic E-state index is 13.2. The normalized spacial score (nSPS) is 15.9. The molecule has 1 aliphatic carbocycles. The number of aromatic nitrogens is 2. The first-order chi connectivity index (χ1) is 15.1.